The summed E-state index contributed by atoms with van der Waals surface area (Å²) in [5.41, 5.74) is 8.81. The van der Waals surface area contributed by atoms with Crippen LogP contribution < -0.4 is 11.1 Å². The molecule has 0 unspecified atom stereocenters. The normalized spacial score (nSPS) is 10.4. The number of hydrogen-bond donors (Lipinski definition) is 2. The predicted molar refractivity (Wildman–Crippen MR) is 84.6 cm³/mol. The monoisotopic (exact) mass is 292 g/mol. The van der Waals surface area contributed by atoms with E-state index in [1.807, 2.05) is 43.9 Å². The van der Waals surface area contributed by atoms with Gasteiger partial charge < -0.3 is 11.1 Å². The van der Waals surface area contributed by atoms with Crippen LogP contribution in [0.1, 0.15) is 11.1 Å². The molecule has 6 heteroatoms. The molecular weight excluding hydrogens is 276 g/mol. The van der Waals surface area contributed by atoms with Crippen LogP contribution in [-0.2, 0) is 13.6 Å². The number of benzene rings is 1. The van der Waals surface area contributed by atoms with E-state index in [4.69, 9.17) is 18.0 Å². The largest absolute Gasteiger partial charge is 0.389 e. The highest BCUT2D eigenvalue weighted by Crippen LogP contribution is 2.27. The second-order valence-corrected chi connectivity index (χ2v) is 5.41. The second kappa shape index (κ2) is 6.08. The Bertz CT molecular complexity index is 592. The Labute approximate surface area is 122 Å². The Morgan fingerprint density at radius 1 is 1.53 bits per heavy atom. The molecule has 0 fully saturated rings. The molecule has 0 radical (unpaired) electrons. The molecule has 0 saturated heterocycles. The SMILES string of the molecule is CSc1cccc(NCc2cnn(C)c2)c1C(N)=S. The van der Waals surface area contributed by atoms with E-state index < -0.39 is 0 Å². The van der Waals surface area contributed by atoms with Gasteiger partial charge in [-0.3, -0.25) is 4.68 Å². The number of rotatable bonds is 5. The maximum Gasteiger partial charge on any atom is 0.107 e. The zero-order valence-electron chi connectivity index (χ0n) is 10.9. The molecule has 19 heavy (non-hydrogen) atoms. The molecule has 0 saturated carbocycles. The average Bonchev–Trinajstić information content (AvgIpc) is 2.81. The third-order valence-electron chi connectivity index (χ3n) is 2.73. The quantitative estimate of drug-likeness (QED) is 0.654. The minimum Gasteiger partial charge on any atom is -0.389 e. The molecule has 1 heterocycles. The van der Waals surface area contributed by atoms with Gasteiger partial charge in [0, 0.05) is 41.5 Å². The molecule has 2 rings (SSSR count). The fraction of sp³-hybridized carbons (Fsp3) is 0.231. The average molecular weight is 292 g/mol. The molecule has 0 atom stereocenters. The van der Waals surface area contributed by atoms with Crippen molar-refractivity contribution in [3.63, 3.8) is 0 Å². The first-order chi connectivity index (χ1) is 9.11. The van der Waals surface area contributed by atoms with Gasteiger partial charge >= 0.3 is 0 Å². The summed E-state index contributed by atoms with van der Waals surface area (Å²) in [4.78, 5) is 1.50. The Hall–Kier alpha value is -1.53. The van der Waals surface area contributed by atoms with Crippen LogP contribution in [0.3, 0.4) is 0 Å². The van der Waals surface area contributed by atoms with Gasteiger partial charge in [0.05, 0.1) is 6.20 Å². The van der Waals surface area contributed by atoms with Gasteiger partial charge in [-0.1, -0.05) is 18.3 Å². The van der Waals surface area contributed by atoms with Crippen molar-refractivity contribution in [1.82, 2.24) is 9.78 Å². The fourth-order valence-electron chi connectivity index (χ4n) is 1.86. The van der Waals surface area contributed by atoms with Crippen LogP contribution in [0, 0.1) is 0 Å². The van der Waals surface area contributed by atoms with Crippen molar-refractivity contribution < 1.29 is 0 Å². The lowest BCUT2D eigenvalue weighted by atomic mass is 10.1. The summed E-state index contributed by atoms with van der Waals surface area (Å²) in [6.45, 7) is 0.696. The summed E-state index contributed by atoms with van der Waals surface area (Å²) in [6, 6.07) is 6.01. The van der Waals surface area contributed by atoms with Crippen LogP contribution in [0.4, 0.5) is 5.69 Å². The molecule has 0 bridgehead atoms. The van der Waals surface area contributed by atoms with Gasteiger partial charge in [0.25, 0.3) is 0 Å². The first-order valence-corrected chi connectivity index (χ1v) is 7.43. The Balaban J connectivity index is 2.22. The van der Waals surface area contributed by atoms with Gasteiger partial charge in [-0.2, -0.15) is 5.10 Å². The topological polar surface area (TPSA) is 55.9 Å². The smallest absolute Gasteiger partial charge is 0.107 e. The Morgan fingerprint density at radius 2 is 2.32 bits per heavy atom. The van der Waals surface area contributed by atoms with Crippen LogP contribution in [0.15, 0.2) is 35.5 Å². The molecule has 0 aliphatic rings. The minimum absolute atomic E-state index is 0.415. The predicted octanol–water partition coefficient (Wildman–Crippen LogP) is 2.39. The number of thiocarbonyl (C=S) groups is 1. The summed E-state index contributed by atoms with van der Waals surface area (Å²) >= 11 is 6.79. The van der Waals surface area contributed by atoms with E-state index in [0.717, 1.165) is 21.7 Å². The van der Waals surface area contributed by atoms with Crippen LogP contribution in [0.25, 0.3) is 0 Å². The van der Waals surface area contributed by atoms with Crippen LogP contribution in [0.5, 0.6) is 0 Å². The van der Waals surface area contributed by atoms with E-state index in [9.17, 15) is 0 Å². The molecule has 1 aromatic carbocycles. The van der Waals surface area contributed by atoms with Crippen molar-refractivity contribution in [2.24, 2.45) is 12.8 Å². The molecule has 0 amide bonds. The molecule has 0 aliphatic heterocycles. The summed E-state index contributed by atoms with van der Waals surface area (Å²) in [5, 5.41) is 7.51. The second-order valence-electron chi connectivity index (χ2n) is 4.12. The van der Waals surface area contributed by atoms with Gasteiger partial charge in [-0.15, -0.1) is 11.8 Å². The van der Waals surface area contributed by atoms with E-state index in [0.29, 0.717) is 11.5 Å². The fourth-order valence-corrected chi connectivity index (χ4v) is 2.79. The number of nitrogens with two attached hydrogens (primary N) is 1. The van der Waals surface area contributed by atoms with Crippen molar-refractivity contribution in [3.8, 4) is 0 Å². The Kier molecular flexibility index (Phi) is 4.44. The zero-order valence-corrected chi connectivity index (χ0v) is 12.5. The molecule has 3 N–H and O–H groups in total. The van der Waals surface area contributed by atoms with Crippen molar-refractivity contribution in [2.75, 3.05) is 11.6 Å². The van der Waals surface area contributed by atoms with E-state index in [2.05, 4.69) is 10.4 Å². The van der Waals surface area contributed by atoms with E-state index in [1.165, 1.54) is 0 Å². The third-order valence-corrected chi connectivity index (χ3v) is 3.72. The number of nitrogens with one attached hydrogen (secondary N) is 1. The number of hydrogen-bond acceptors (Lipinski definition) is 4. The van der Waals surface area contributed by atoms with Crippen LogP contribution >= 0.6 is 24.0 Å². The van der Waals surface area contributed by atoms with Crippen molar-refractivity contribution in [3.05, 3.63) is 41.7 Å². The van der Waals surface area contributed by atoms with Crippen molar-refractivity contribution in [2.45, 2.75) is 11.4 Å². The third kappa shape index (κ3) is 3.27. The number of thioether (sulfide) groups is 1. The van der Waals surface area contributed by atoms with Gasteiger partial charge in [0.1, 0.15) is 4.99 Å². The molecular formula is C13H16N4S2. The van der Waals surface area contributed by atoms with E-state index >= 15 is 0 Å². The molecule has 100 valence electrons. The highest BCUT2D eigenvalue weighted by atomic mass is 32.2. The number of aromatic nitrogens is 2. The molecule has 2 aromatic rings. The molecule has 0 aliphatic carbocycles. The first kappa shape index (κ1) is 13.9. The van der Waals surface area contributed by atoms with Crippen molar-refractivity contribution in [1.29, 1.82) is 0 Å². The highest BCUT2D eigenvalue weighted by molar-refractivity contribution is 7.98. The minimum atomic E-state index is 0.415. The first-order valence-electron chi connectivity index (χ1n) is 5.80. The Morgan fingerprint density at radius 3 is 2.89 bits per heavy atom. The van der Waals surface area contributed by atoms with Crippen LogP contribution in [0.2, 0.25) is 0 Å². The van der Waals surface area contributed by atoms with Gasteiger partial charge in [-0.05, 0) is 18.4 Å². The van der Waals surface area contributed by atoms with Crippen LogP contribution in [-0.4, -0.2) is 21.0 Å². The van der Waals surface area contributed by atoms with E-state index in [-0.39, 0.29) is 0 Å². The maximum absolute atomic E-state index is 5.83. The molecule has 0 spiro atoms. The number of aryl methyl sites for hydroxylation is 1. The molecule has 1 aromatic heterocycles. The summed E-state index contributed by atoms with van der Waals surface area (Å²) in [5.74, 6) is 0. The zero-order chi connectivity index (χ0) is 13.8. The highest BCUT2D eigenvalue weighted by Gasteiger charge is 2.10. The van der Waals surface area contributed by atoms with Crippen molar-refractivity contribution >= 4 is 34.7 Å². The number of nitrogens with zero attached hydrogens (tertiary/aromatic N) is 2. The van der Waals surface area contributed by atoms with E-state index in [1.54, 1.807) is 16.4 Å². The maximum atomic E-state index is 5.83. The summed E-state index contributed by atoms with van der Waals surface area (Å²) < 4.78 is 1.78. The summed E-state index contributed by atoms with van der Waals surface area (Å²) in [6.07, 6.45) is 5.83. The lowest BCUT2D eigenvalue weighted by Gasteiger charge is -2.13. The van der Waals surface area contributed by atoms with Gasteiger partial charge in [0.15, 0.2) is 0 Å². The summed E-state index contributed by atoms with van der Waals surface area (Å²) in [7, 11) is 1.90. The lowest BCUT2D eigenvalue weighted by Crippen LogP contribution is -2.14. The standard InChI is InChI=1S/C13H16N4S2/c1-17-8-9(7-16-17)6-15-10-4-3-5-11(19-2)12(10)13(14)18/h3-5,7-8,15H,6H2,1-2H3,(H2,14,18). The van der Waals surface area contributed by atoms with Gasteiger partial charge in [-0.25, -0.2) is 0 Å². The molecule has 4 nitrogen and oxygen atoms in total. The van der Waals surface area contributed by atoms with Gasteiger partial charge in [0.2, 0.25) is 0 Å². The lowest BCUT2D eigenvalue weighted by molar-refractivity contribution is 0.767. The number of anilines is 1.